The van der Waals surface area contributed by atoms with Crippen molar-refractivity contribution in [1.29, 1.82) is 0 Å². The van der Waals surface area contributed by atoms with E-state index in [-0.39, 0.29) is 12.2 Å². The van der Waals surface area contributed by atoms with Crippen LogP contribution in [0.4, 0.5) is 4.39 Å². The third kappa shape index (κ3) is 3.13. The van der Waals surface area contributed by atoms with Crippen LogP contribution in [0.25, 0.3) is 0 Å². The first-order valence-corrected chi connectivity index (χ1v) is 5.88. The lowest BCUT2D eigenvalue weighted by Crippen LogP contribution is -2.02. The predicted molar refractivity (Wildman–Crippen MR) is 64.6 cm³/mol. The fourth-order valence-corrected chi connectivity index (χ4v) is 1.95. The van der Waals surface area contributed by atoms with Gasteiger partial charge < -0.3 is 5.11 Å². The van der Waals surface area contributed by atoms with E-state index in [1.807, 2.05) is 0 Å². The van der Waals surface area contributed by atoms with Gasteiger partial charge in [0.05, 0.1) is 18.7 Å². The van der Waals surface area contributed by atoms with E-state index in [0.717, 1.165) is 5.56 Å². The molecule has 2 rings (SSSR count). The lowest BCUT2D eigenvalue weighted by molar-refractivity contribution is -0.136. The number of hydrogen-bond donors (Lipinski definition) is 1. The molecule has 0 unspecified atom stereocenters. The van der Waals surface area contributed by atoms with E-state index >= 15 is 0 Å². The van der Waals surface area contributed by atoms with Gasteiger partial charge in [0.1, 0.15) is 5.82 Å². The smallest absolute Gasteiger partial charge is 0.309 e. The minimum absolute atomic E-state index is 0.162. The Balaban J connectivity index is 2.13. The predicted octanol–water partition coefficient (Wildman–Crippen LogP) is 1.86. The molecule has 0 aliphatic heterocycles. The Bertz CT molecular complexity index is 585. The van der Waals surface area contributed by atoms with Crippen molar-refractivity contribution >= 4 is 21.9 Å². The number of carboxylic acids is 1. The van der Waals surface area contributed by atoms with Crippen molar-refractivity contribution in [2.24, 2.45) is 0 Å². The number of rotatable bonds is 4. The molecule has 0 amide bonds. The number of carbonyl (C=O) groups is 1. The number of hydrogen-bond acceptors (Lipinski definition) is 3. The molecule has 0 atom stereocenters. The van der Waals surface area contributed by atoms with E-state index in [2.05, 4.69) is 26.2 Å². The molecule has 0 aliphatic rings. The van der Waals surface area contributed by atoms with Gasteiger partial charge in [-0.3, -0.25) is 4.79 Å². The number of benzene rings is 1. The molecule has 1 N–H and O–H groups in total. The molecule has 0 fully saturated rings. The average Bonchev–Trinajstić information content (AvgIpc) is 2.69. The summed E-state index contributed by atoms with van der Waals surface area (Å²) in [6, 6.07) is 4.36. The van der Waals surface area contributed by atoms with Crippen LogP contribution in [0.15, 0.2) is 28.9 Å². The van der Waals surface area contributed by atoms with Gasteiger partial charge in [-0.1, -0.05) is 27.2 Å². The molecule has 0 saturated heterocycles. The fraction of sp³-hybridized carbons (Fsp3) is 0.182. The standard InChI is InChI=1S/C11H9BrFN3O2/c12-10-3-8(13)2-1-7(10)5-16-6-9(14-15-16)4-11(17)18/h1-3,6H,4-5H2,(H,17,18). The van der Waals surface area contributed by atoms with Crippen LogP contribution in [-0.4, -0.2) is 26.1 Å². The normalized spacial score (nSPS) is 10.6. The molecular weight excluding hydrogens is 305 g/mol. The molecule has 94 valence electrons. The molecule has 0 radical (unpaired) electrons. The van der Waals surface area contributed by atoms with Crippen LogP contribution >= 0.6 is 15.9 Å². The zero-order valence-electron chi connectivity index (χ0n) is 9.18. The Kier molecular flexibility index (Phi) is 3.71. The molecule has 0 aliphatic carbocycles. The Morgan fingerprint density at radius 1 is 1.50 bits per heavy atom. The topological polar surface area (TPSA) is 68.0 Å². The summed E-state index contributed by atoms with van der Waals surface area (Å²) < 4.78 is 15.1. The van der Waals surface area contributed by atoms with E-state index in [9.17, 15) is 9.18 Å². The van der Waals surface area contributed by atoms with Crippen LogP contribution in [0, 0.1) is 5.82 Å². The summed E-state index contributed by atoms with van der Waals surface area (Å²) in [5, 5.41) is 16.2. The zero-order chi connectivity index (χ0) is 13.1. The van der Waals surface area contributed by atoms with Gasteiger partial charge in [0.15, 0.2) is 0 Å². The number of halogens is 2. The highest BCUT2D eigenvalue weighted by Crippen LogP contribution is 2.18. The minimum atomic E-state index is -0.954. The lowest BCUT2D eigenvalue weighted by atomic mass is 10.2. The van der Waals surface area contributed by atoms with Crippen LogP contribution in [0.2, 0.25) is 0 Å². The molecule has 1 aromatic heterocycles. The average molecular weight is 314 g/mol. The van der Waals surface area contributed by atoms with Crippen LogP contribution in [0.5, 0.6) is 0 Å². The first kappa shape index (κ1) is 12.7. The van der Waals surface area contributed by atoms with Crippen molar-refractivity contribution in [2.75, 3.05) is 0 Å². The van der Waals surface area contributed by atoms with Gasteiger partial charge in [-0.05, 0) is 17.7 Å². The summed E-state index contributed by atoms with van der Waals surface area (Å²) in [7, 11) is 0. The first-order valence-electron chi connectivity index (χ1n) is 5.09. The molecule has 0 spiro atoms. The molecular formula is C11H9BrFN3O2. The number of aromatic nitrogens is 3. The van der Waals surface area contributed by atoms with Gasteiger partial charge in [0.2, 0.25) is 0 Å². The van der Waals surface area contributed by atoms with Crippen molar-refractivity contribution in [3.05, 3.63) is 45.9 Å². The second kappa shape index (κ2) is 5.26. The monoisotopic (exact) mass is 313 g/mol. The van der Waals surface area contributed by atoms with Gasteiger partial charge in [-0.25, -0.2) is 9.07 Å². The van der Waals surface area contributed by atoms with Gasteiger partial charge in [-0.2, -0.15) is 0 Å². The summed E-state index contributed by atoms with van der Waals surface area (Å²) in [5.74, 6) is -1.28. The van der Waals surface area contributed by atoms with Crippen molar-refractivity contribution in [2.45, 2.75) is 13.0 Å². The summed E-state index contributed by atoms with van der Waals surface area (Å²) in [4.78, 5) is 10.5. The Morgan fingerprint density at radius 2 is 2.28 bits per heavy atom. The first-order chi connectivity index (χ1) is 8.54. The fourth-order valence-electron chi connectivity index (χ4n) is 1.48. The Morgan fingerprint density at radius 3 is 2.94 bits per heavy atom. The maximum atomic E-state index is 12.9. The van der Waals surface area contributed by atoms with Crippen LogP contribution in [-0.2, 0) is 17.8 Å². The largest absolute Gasteiger partial charge is 0.481 e. The Labute approximate surface area is 110 Å². The van der Waals surface area contributed by atoms with Gasteiger partial charge in [0, 0.05) is 10.7 Å². The van der Waals surface area contributed by atoms with Crippen LogP contribution in [0.3, 0.4) is 0 Å². The molecule has 1 aromatic carbocycles. The molecule has 0 saturated carbocycles. The van der Waals surface area contributed by atoms with Gasteiger partial charge in [0.25, 0.3) is 0 Å². The SMILES string of the molecule is O=C(O)Cc1cn(Cc2ccc(F)cc2Br)nn1. The van der Waals surface area contributed by atoms with E-state index in [1.54, 1.807) is 12.3 Å². The third-order valence-corrected chi connectivity index (χ3v) is 3.00. The highest BCUT2D eigenvalue weighted by molar-refractivity contribution is 9.10. The summed E-state index contributed by atoms with van der Waals surface area (Å²) in [5.41, 5.74) is 1.23. The van der Waals surface area contributed by atoms with E-state index < -0.39 is 5.97 Å². The second-order valence-electron chi connectivity index (χ2n) is 3.71. The maximum Gasteiger partial charge on any atom is 0.309 e. The van der Waals surface area contributed by atoms with Gasteiger partial charge in [-0.15, -0.1) is 5.10 Å². The summed E-state index contributed by atoms with van der Waals surface area (Å²) in [6.07, 6.45) is 1.40. The molecule has 7 heteroatoms. The maximum absolute atomic E-state index is 12.9. The summed E-state index contributed by atoms with van der Waals surface area (Å²) in [6.45, 7) is 0.396. The molecule has 1 heterocycles. The van der Waals surface area contributed by atoms with Gasteiger partial charge >= 0.3 is 5.97 Å². The molecule has 0 bridgehead atoms. The van der Waals surface area contributed by atoms with Crippen molar-refractivity contribution < 1.29 is 14.3 Å². The van der Waals surface area contributed by atoms with E-state index in [1.165, 1.54) is 16.8 Å². The minimum Gasteiger partial charge on any atom is -0.481 e. The van der Waals surface area contributed by atoms with Crippen molar-refractivity contribution in [3.8, 4) is 0 Å². The van der Waals surface area contributed by atoms with Crippen molar-refractivity contribution in [1.82, 2.24) is 15.0 Å². The lowest BCUT2D eigenvalue weighted by Gasteiger charge is -2.03. The van der Waals surface area contributed by atoms with Crippen LogP contribution in [0.1, 0.15) is 11.3 Å². The quantitative estimate of drug-likeness (QED) is 0.935. The zero-order valence-corrected chi connectivity index (χ0v) is 10.8. The van der Waals surface area contributed by atoms with E-state index in [0.29, 0.717) is 16.7 Å². The van der Waals surface area contributed by atoms with E-state index in [4.69, 9.17) is 5.11 Å². The second-order valence-corrected chi connectivity index (χ2v) is 4.57. The van der Waals surface area contributed by atoms with Crippen molar-refractivity contribution in [3.63, 3.8) is 0 Å². The van der Waals surface area contributed by atoms with Crippen LogP contribution < -0.4 is 0 Å². The number of nitrogens with zero attached hydrogens (tertiary/aromatic N) is 3. The molecule has 5 nitrogen and oxygen atoms in total. The third-order valence-electron chi connectivity index (χ3n) is 2.27. The highest BCUT2D eigenvalue weighted by Gasteiger charge is 2.07. The molecule has 2 aromatic rings. The molecule has 18 heavy (non-hydrogen) atoms. The number of aliphatic carboxylic acids is 1. The number of carboxylic acid groups (broad SMARTS) is 1. The Hall–Kier alpha value is -1.76. The summed E-state index contributed by atoms with van der Waals surface area (Å²) >= 11 is 3.26. The highest BCUT2D eigenvalue weighted by atomic mass is 79.9.